The molecule has 2 aliphatic rings. The summed E-state index contributed by atoms with van der Waals surface area (Å²) in [4.78, 5) is 26.5. The number of Topliss-reactive ketones (excluding diaryl/α,β-unsaturated/α-hetero) is 1. The Kier molecular flexibility index (Phi) is 3.59. The van der Waals surface area contributed by atoms with Gasteiger partial charge in [0.1, 0.15) is 5.25 Å². The molecule has 0 saturated heterocycles. The second-order valence-electron chi connectivity index (χ2n) is 5.94. The third-order valence-electron chi connectivity index (χ3n) is 4.20. The van der Waals surface area contributed by atoms with Crippen molar-refractivity contribution in [2.45, 2.75) is 35.3 Å². The number of hydrogen-bond acceptors (Lipinski definition) is 5. The minimum Gasteiger partial charge on any atom is -0.611 e. The smallest absolute Gasteiger partial charge is 0.438 e. The van der Waals surface area contributed by atoms with Gasteiger partial charge in [-0.25, -0.2) is 4.79 Å². The van der Waals surface area contributed by atoms with E-state index in [-0.39, 0.29) is 22.9 Å². The molecule has 2 aromatic rings. The van der Waals surface area contributed by atoms with E-state index in [1.165, 1.54) is 0 Å². The Balaban J connectivity index is 1.51. The summed E-state index contributed by atoms with van der Waals surface area (Å²) >= 11 is 5.11. The summed E-state index contributed by atoms with van der Waals surface area (Å²) in [5.41, 5.74) is 0.491. The van der Waals surface area contributed by atoms with Gasteiger partial charge < -0.3 is 4.55 Å². The van der Waals surface area contributed by atoms with Crippen LogP contribution >= 0.6 is 11.6 Å². The topological polar surface area (TPSA) is 99.0 Å². The van der Waals surface area contributed by atoms with Crippen LogP contribution in [0.5, 0.6) is 0 Å². The zero-order valence-electron chi connectivity index (χ0n) is 12.0. The second kappa shape index (κ2) is 5.51. The quantitative estimate of drug-likeness (QED) is 0.657. The fraction of sp³-hybridized carbons (Fsp3) is 0.400. The molecule has 1 N–H and O–H groups in total. The minimum atomic E-state index is -1.09. The molecular formula is C15H13ClN2O4S. The summed E-state index contributed by atoms with van der Waals surface area (Å²) in [6, 6.07) is 4.94. The Bertz CT molecular complexity index is 829. The van der Waals surface area contributed by atoms with Gasteiger partial charge in [0.15, 0.2) is 16.5 Å². The zero-order chi connectivity index (χ0) is 16.1. The number of H-pyrrole nitrogens is 1. The van der Waals surface area contributed by atoms with E-state index in [0.29, 0.717) is 27.7 Å². The van der Waals surface area contributed by atoms with Crippen LogP contribution in [0.4, 0.5) is 0 Å². The van der Waals surface area contributed by atoms with E-state index in [4.69, 9.17) is 11.6 Å². The standard InChI is InChI=1S/C15H13ClN2O4S/c16-11-5-7(1-4-12(11)23(21)8-2-3-8)13(19)9-6-10(9)14-17-15(20)22-18-14/h1,4-5,8-10H,2-3,6H2,(H,17,18,20)/t9-,10-,23?/m0/s1. The van der Waals surface area contributed by atoms with Crippen LogP contribution in [0, 0.1) is 5.92 Å². The fourth-order valence-electron chi connectivity index (χ4n) is 2.68. The summed E-state index contributed by atoms with van der Waals surface area (Å²) in [6.45, 7) is 0. The lowest BCUT2D eigenvalue weighted by Gasteiger charge is -2.11. The lowest BCUT2D eigenvalue weighted by atomic mass is 10.1. The SMILES string of the molecule is O=C(c1ccc([S+]([O-])C2CC2)c(Cl)c1)[C@H]1C[C@@H]1c1noc(=O)[nH]1. The van der Waals surface area contributed by atoms with Crippen molar-refractivity contribution in [3.63, 3.8) is 0 Å². The molecule has 23 heavy (non-hydrogen) atoms. The first-order chi connectivity index (χ1) is 11.0. The van der Waals surface area contributed by atoms with Gasteiger partial charge in [-0.05, 0) is 35.8 Å². The molecule has 1 unspecified atom stereocenters. The van der Waals surface area contributed by atoms with Crippen LogP contribution in [-0.2, 0) is 11.2 Å². The molecule has 0 amide bonds. The van der Waals surface area contributed by atoms with E-state index in [9.17, 15) is 14.1 Å². The molecule has 2 aliphatic carbocycles. The van der Waals surface area contributed by atoms with E-state index < -0.39 is 16.9 Å². The molecule has 1 aromatic carbocycles. The van der Waals surface area contributed by atoms with Crippen molar-refractivity contribution in [1.29, 1.82) is 0 Å². The number of aromatic amines is 1. The van der Waals surface area contributed by atoms with E-state index in [2.05, 4.69) is 14.7 Å². The van der Waals surface area contributed by atoms with E-state index >= 15 is 0 Å². The maximum Gasteiger partial charge on any atom is 0.438 e. The number of rotatable bonds is 5. The van der Waals surface area contributed by atoms with E-state index in [1.54, 1.807) is 18.2 Å². The minimum absolute atomic E-state index is 0.0514. The second-order valence-corrected chi connectivity index (χ2v) is 8.04. The van der Waals surface area contributed by atoms with Gasteiger partial charge >= 0.3 is 5.76 Å². The first-order valence-corrected chi connectivity index (χ1v) is 8.94. The van der Waals surface area contributed by atoms with Gasteiger partial charge in [0.2, 0.25) is 0 Å². The van der Waals surface area contributed by atoms with Gasteiger partial charge in [0, 0.05) is 30.2 Å². The third-order valence-corrected chi connectivity index (χ3v) is 6.49. The first-order valence-electron chi connectivity index (χ1n) is 7.35. The molecule has 1 heterocycles. The highest BCUT2D eigenvalue weighted by molar-refractivity contribution is 7.92. The number of hydrogen-bond donors (Lipinski definition) is 1. The van der Waals surface area contributed by atoms with Crippen molar-refractivity contribution in [2.24, 2.45) is 5.92 Å². The molecule has 0 bridgehead atoms. The number of carbonyl (C=O) groups is 1. The fourth-order valence-corrected chi connectivity index (χ4v) is 4.47. The largest absolute Gasteiger partial charge is 0.611 e. The Hall–Kier alpha value is -1.57. The highest BCUT2D eigenvalue weighted by Gasteiger charge is 2.47. The molecule has 120 valence electrons. The van der Waals surface area contributed by atoms with Crippen LogP contribution in [0.25, 0.3) is 0 Å². The van der Waals surface area contributed by atoms with Crippen molar-refractivity contribution in [2.75, 3.05) is 0 Å². The van der Waals surface area contributed by atoms with Crippen LogP contribution < -0.4 is 5.76 Å². The maximum absolute atomic E-state index is 12.5. The Morgan fingerprint density at radius 1 is 1.43 bits per heavy atom. The summed E-state index contributed by atoms with van der Waals surface area (Å²) in [7, 11) is 0. The third kappa shape index (κ3) is 2.84. The molecule has 4 rings (SSSR count). The van der Waals surface area contributed by atoms with E-state index in [1.807, 2.05) is 0 Å². The summed E-state index contributed by atoms with van der Waals surface area (Å²) < 4.78 is 16.6. The lowest BCUT2D eigenvalue weighted by molar-refractivity contribution is 0.0964. The number of ketones is 1. The Morgan fingerprint density at radius 2 is 2.22 bits per heavy atom. The monoisotopic (exact) mass is 352 g/mol. The molecule has 2 fully saturated rings. The van der Waals surface area contributed by atoms with Gasteiger partial charge in [0.05, 0.1) is 5.02 Å². The van der Waals surface area contributed by atoms with Gasteiger partial charge in [-0.1, -0.05) is 16.8 Å². The number of aromatic nitrogens is 2. The van der Waals surface area contributed by atoms with Crippen LogP contribution in [-0.4, -0.2) is 25.7 Å². The molecule has 1 aromatic heterocycles. The number of carbonyl (C=O) groups excluding carboxylic acids is 1. The molecule has 6 nitrogen and oxygen atoms in total. The molecular weight excluding hydrogens is 340 g/mol. The molecule has 3 atom stereocenters. The highest BCUT2D eigenvalue weighted by Crippen LogP contribution is 2.48. The molecule has 0 aliphatic heterocycles. The van der Waals surface area contributed by atoms with Gasteiger partial charge in [0.25, 0.3) is 0 Å². The maximum atomic E-state index is 12.5. The van der Waals surface area contributed by atoms with Crippen LogP contribution in [0.1, 0.15) is 41.4 Å². The average molecular weight is 353 g/mol. The molecule has 2 saturated carbocycles. The molecule has 0 radical (unpaired) electrons. The predicted molar refractivity (Wildman–Crippen MR) is 83.2 cm³/mol. The van der Waals surface area contributed by atoms with Crippen molar-refractivity contribution in [3.05, 3.63) is 45.2 Å². The number of benzene rings is 1. The van der Waals surface area contributed by atoms with Crippen LogP contribution in [0.15, 0.2) is 32.4 Å². The van der Waals surface area contributed by atoms with Crippen LogP contribution in [0.2, 0.25) is 5.02 Å². The van der Waals surface area contributed by atoms with Crippen molar-refractivity contribution in [1.82, 2.24) is 10.1 Å². The first kappa shape index (κ1) is 15.0. The van der Waals surface area contributed by atoms with E-state index in [0.717, 1.165) is 12.8 Å². The normalized spacial score (nSPS) is 24.4. The highest BCUT2D eigenvalue weighted by atomic mass is 35.5. The predicted octanol–water partition coefficient (Wildman–Crippen LogP) is 2.27. The van der Waals surface area contributed by atoms with Crippen molar-refractivity contribution < 1.29 is 13.9 Å². The van der Waals surface area contributed by atoms with Gasteiger partial charge in [-0.2, -0.15) is 0 Å². The van der Waals surface area contributed by atoms with Gasteiger partial charge in [-0.15, -0.1) is 0 Å². The molecule has 0 spiro atoms. The molecule has 8 heteroatoms. The van der Waals surface area contributed by atoms with Gasteiger partial charge in [-0.3, -0.25) is 14.3 Å². The van der Waals surface area contributed by atoms with Crippen LogP contribution in [0.3, 0.4) is 0 Å². The Morgan fingerprint density at radius 3 is 2.83 bits per heavy atom. The summed E-state index contributed by atoms with van der Waals surface area (Å²) in [6.07, 6.45) is 2.54. The summed E-state index contributed by atoms with van der Waals surface area (Å²) in [5, 5.41) is 4.19. The Labute approximate surface area is 139 Å². The van der Waals surface area contributed by atoms with Crippen molar-refractivity contribution >= 4 is 28.6 Å². The summed E-state index contributed by atoms with van der Waals surface area (Å²) in [5.74, 6) is -0.608. The average Bonchev–Trinajstić information content (AvgIpc) is 3.44. The lowest BCUT2D eigenvalue weighted by Crippen LogP contribution is -2.09. The number of nitrogens with zero attached hydrogens (tertiary/aromatic N) is 1. The number of halogens is 1. The van der Waals surface area contributed by atoms with Crippen molar-refractivity contribution in [3.8, 4) is 0 Å². The zero-order valence-corrected chi connectivity index (χ0v) is 13.5. The number of nitrogens with one attached hydrogen (secondary N) is 1.